The highest BCUT2D eigenvalue weighted by molar-refractivity contribution is 5.34. The number of aryl methyl sites for hydroxylation is 1. The van der Waals surface area contributed by atoms with Crippen LogP contribution in [0.1, 0.15) is 18.1 Å². The molecule has 0 unspecified atom stereocenters. The summed E-state index contributed by atoms with van der Waals surface area (Å²) in [7, 11) is 0. The molecule has 2 nitrogen and oxygen atoms in total. The molecule has 0 aliphatic carbocycles. The zero-order valence-corrected chi connectivity index (χ0v) is 10.0. The fourth-order valence-electron chi connectivity index (χ4n) is 1.62. The van der Waals surface area contributed by atoms with Crippen molar-refractivity contribution in [3.05, 3.63) is 59.7 Å². The molecular formula is C15H17NO. The van der Waals surface area contributed by atoms with Gasteiger partial charge in [-0.15, -0.1) is 0 Å². The largest absolute Gasteiger partial charge is 0.457 e. The first kappa shape index (κ1) is 11.7. The Kier molecular flexibility index (Phi) is 3.78. The fourth-order valence-corrected chi connectivity index (χ4v) is 1.62. The zero-order chi connectivity index (χ0) is 12.1. The van der Waals surface area contributed by atoms with Gasteiger partial charge in [0.05, 0.1) is 0 Å². The molecule has 2 heteroatoms. The van der Waals surface area contributed by atoms with Gasteiger partial charge < -0.3 is 10.5 Å². The first-order valence-corrected chi connectivity index (χ1v) is 5.87. The third-order valence-corrected chi connectivity index (χ3v) is 2.73. The fraction of sp³-hybridized carbons (Fsp3) is 0.200. The molecule has 2 aromatic rings. The molecule has 0 atom stereocenters. The highest BCUT2D eigenvalue weighted by Gasteiger charge is 1.97. The Balaban J connectivity index is 2.08. The normalized spacial score (nSPS) is 10.2. The monoisotopic (exact) mass is 227 g/mol. The van der Waals surface area contributed by atoms with Crippen LogP contribution in [-0.4, -0.2) is 0 Å². The molecule has 0 saturated heterocycles. The lowest BCUT2D eigenvalue weighted by atomic mass is 10.2. The van der Waals surface area contributed by atoms with E-state index in [9.17, 15) is 0 Å². The smallest absolute Gasteiger partial charge is 0.127 e. The SMILES string of the molecule is CCc1ccc(Oc2ccc(CN)cc2)cc1. The van der Waals surface area contributed by atoms with E-state index < -0.39 is 0 Å². The molecule has 0 fully saturated rings. The van der Waals surface area contributed by atoms with Crippen LogP contribution in [0.4, 0.5) is 0 Å². The van der Waals surface area contributed by atoms with E-state index in [2.05, 4.69) is 19.1 Å². The van der Waals surface area contributed by atoms with E-state index in [4.69, 9.17) is 10.5 Å². The molecule has 0 heterocycles. The quantitative estimate of drug-likeness (QED) is 0.867. The van der Waals surface area contributed by atoms with Crippen molar-refractivity contribution in [3.63, 3.8) is 0 Å². The van der Waals surface area contributed by atoms with Crippen LogP contribution >= 0.6 is 0 Å². The number of benzene rings is 2. The third-order valence-electron chi connectivity index (χ3n) is 2.73. The zero-order valence-electron chi connectivity index (χ0n) is 10.0. The molecule has 0 radical (unpaired) electrons. The van der Waals surface area contributed by atoms with E-state index in [1.54, 1.807) is 0 Å². The highest BCUT2D eigenvalue weighted by Crippen LogP contribution is 2.22. The molecule has 2 aromatic carbocycles. The van der Waals surface area contributed by atoms with Crippen LogP contribution in [0.5, 0.6) is 11.5 Å². The molecule has 0 aliphatic heterocycles. The summed E-state index contributed by atoms with van der Waals surface area (Å²) >= 11 is 0. The van der Waals surface area contributed by atoms with E-state index in [0.29, 0.717) is 6.54 Å². The lowest BCUT2D eigenvalue weighted by molar-refractivity contribution is 0.482. The van der Waals surface area contributed by atoms with Crippen LogP contribution in [0.15, 0.2) is 48.5 Å². The van der Waals surface area contributed by atoms with Gasteiger partial charge in [0.2, 0.25) is 0 Å². The van der Waals surface area contributed by atoms with Crippen molar-refractivity contribution in [3.8, 4) is 11.5 Å². The summed E-state index contributed by atoms with van der Waals surface area (Å²) in [6.45, 7) is 2.70. The number of rotatable bonds is 4. The predicted octanol–water partition coefficient (Wildman–Crippen LogP) is 3.50. The number of hydrogen-bond acceptors (Lipinski definition) is 2. The van der Waals surface area contributed by atoms with Gasteiger partial charge in [-0.3, -0.25) is 0 Å². The minimum atomic E-state index is 0.561. The van der Waals surface area contributed by atoms with Gasteiger partial charge >= 0.3 is 0 Å². The standard InChI is InChI=1S/C15H17NO/c1-2-12-3-7-14(8-4-12)17-15-9-5-13(11-16)6-10-15/h3-10H,2,11,16H2,1H3. The number of hydrogen-bond donors (Lipinski definition) is 1. The molecule has 88 valence electrons. The Morgan fingerprint density at radius 3 is 1.71 bits per heavy atom. The Morgan fingerprint density at radius 1 is 0.824 bits per heavy atom. The maximum atomic E-state index is 5.74. The van der Waals surface area contributed by atoms with Crippen LogP contribution in [0.25, 0.3) is 0 Å². The molecule has 0 amide bonds. The van der Waals surface area contributed by atoms with Crippen molar-refractivity contribution in [2.75, 3.05) is 0 Å². The average molecular weight is 227 g/mol. The molecule has 0 spiro atoms. The van der Waals surface area contributed by atoms with Crippen LogP contribution in [0, 0.1) is 0 Å². The maximum absolute atomic E-state index is 5.74. The summed E-state index contributed by atoms with van der Waals surface area (Å²) in [4.78, 5) is 0. The summed E-state index contributed by atoms with van der Waals surface area (Å²) in [6.07, 6.45) is 1.05. The van der Waals surface area contributed by atoms with Gasteiger partial charge in [0.25, 0.3) is 0 Å². The van der Waals surface area contributed by atoms with Crippen LogP contribution in [0.3, 0.4) is 0 Å². The lowest BCUT2D eigenvalue weighted by Crippen LogP contribution is -1.95. The second-order valence-corrected chi connectivity index (χ2v) is 3.95. The summed E-state index contributed by atoms with van der Waals surface area (Å²) in [6, 6.07) is 16.0. The summed E-state index contributed by atoms with van der Waals surface area (Å²) < 4.78 is 5.74. The van der Waals surface area contributed by atoms with E-state index in [-0.39, 0.29) is 0 Å². The highest BCUT2D eigenvalue weighted by atomic mass is 16.5. The van der Waals surface area contributed by atoms with Crippen LogP contribution in [-0.2, 0) is 13.0 Å². The van der Waals surface area contributed by atoms with Gasteiger partial charge in [0, 0.05) is 6.54 Å². The van der Waals surface area contributed by atoms with Crippen LogP contribution < -0.4 is 10.5 Å². The number of nitrogens with two attached hydrogens (primary N) is 1. The van der Waals surface area contributed by atoms with Crippen molar-refractivity contribution in [1.29, 1.82) is 0 Å². The lowest BCUT2D eigenvalue weighted by Gasteiger charge is -2.06. The summed E-state index contributed by atoms with van der Waals surface area (Å²) in [5.41, 5.74) is 7.97. The first-order chi connectivity index (χ1) is 8.31. The topological polar surface area (TPSA) is 35.2 Å². The maximum Gasteiger partial charge on any atom is 0.127 e. The van der Waals surface area contributed by atoms with E-state index in [0.717, 1.165) is 23.5 Å². The molecule has 2 rings (SSSR count). The molecule has 17 heavy (non-hydrogen) atoms. The molecule has 0 aliphatic rings. The third kappa shape index (κ3) is 3.08. The van der Waals surface area contributed by atoms with Crippen molar-refractivity contribution in [2.24, 2.45) is 5.73 Å². The molecule has 0 bridgehead atoms. The molecule has 0 saturated carbocycles. The molecule has 0 aromatic heterocycles. The van der Waals surface area contributed by atoms with Gasteiger partial charge in [0.15, 0.2) is 0 Å². The Hall–Kier alpha value is -1.80. The van der Waals surface area contributed by atoms with Gasteiger partial charge in [0.1, 0.15) is 11.5 Å². The van der Waals surface area contributed by atoms with E-state index in [1.807, 2.05) is 36.4 Å². The van der Waals surface area contributed by atoms with Gasteiger partial charge in [-0.2, -0.15) is 0 Å². The summed E-state index contributed by atoms with van der Waals surface area (Å²) in [5.74, 6) is 1.70. The van der Waals surface area contributed by atoms with Crippen molar-refractivity contribution in [1.82, 2.24) is 0 Å². The summed E-state index contributed by atoms with van der Waals surface area (Å²) in [5, 5.41) is 0. The second kappa shape index (κ2) is 5.51. The Bertz CT molecular complexity index is 414. The van der Waals surface area contributed by atoms with Crippen LogP contribution in [0.2, 0.25) is 0 Å². The predicted molar refractivity (Wildman–Crippen MR) is 70.2 cm³/mol. The van der Waals surface area contributed by atoms with E-state index in [1.165, 1.54) is 5.56 Å². The van der Waals surface area contributed by atoms with Crippen molar-refractivity contribution < 1.29 is 4.74 Å². The average Bonchev–Trinajstić information content (AvgIpc) is 2.40. The molecular weight excluding hydrogens is 210 g/mol. The first-order valence-electron chi connectivity index (χ1n) is 5.87. The van der Waals surface area contributed by atoms with Crippen molar-refractivity contribution >= 4 is 0 Å². The van der Waals surface area contributed by atoms with Gasteiger partial charge in [-0.1, -0.05) is 31.2 Å². The van der Waals surface area contributed by atoms with Gasteiger partial charge in [-0.25, -0.2) is 0 Å². The minimum Gasteiger partial charge on any atom is -0.457 e. The number of ether oxygens (including phenoxy) is 1. The molecule has 2 N–H and O–H groups in total. The van der Waals surface area contributed by atoms with Crippen molar-refractivity contribution in [2.45, 2.75) is 19.9 Å². The van der Waals surface area contributed by atoms with E-state index >= 15 is 0 Å². The minimum absolute atomic E-state index is 0.561. The Labute approximate surface area is 102 Å². The second-order valence-electron chi connectivity index (χ2n) is 3.95. The van der Waals surface area contributed by atoms with Gasteiger partial charge in [-0.05, 0) is 41.8 Å². The Morgan fingerprint density at radius 2 is 1.29 bits per heavy atom.